The lowest BCUT2D eigenvalue weighted by atomic mass is 10.1. The van der Waals surface area contributed by atoms with Crippen molar-refractivity contribution in [2.75, 3.05) is 6.26 Å². The molecule has 1 unspecified atom stereocenters. The number of aliphatic hydroxyl groups is 1. The predicted octanol–water partition coefficient (Wildman–Crippen LogP) is 3.09. The summed E-state index contributed by atoms with van der Waals surface area (Å²) < 4.78 is 1.11. The first-order valence-corrected chi connectivity index (χ1v) is 6.15. The summed E-state index contributed by atoms with van der Waals surface area (Å²) in [6.07, 6.45) is 2.49. The highest BCUT2D eigenvalue weighted by Gasteiger charge is 2.02. The van der Waals surface area contributed by atoms with E-state index in [1.165, 1.54) is 10.5 Å². The molecule has 1 nitrogen and oxygen atoms in total. The van der Waals surface area contributed by atoms with E-state index in [2.05, 4.69) is 40.4 Å². The van der Waals surface area contributed by atoms with Crippen LogP contribution in [-0.2, 0) is 6.42 Å². The van der Waals surface area contributed by atoms with Gasteiger partial charge in [0.25, 0.3) is 0 Å². The fourth-order valence-corrected chi connectivity index (χ4v) is 2.55. The van der Waals surface area contributed by atoms with E-state index in [0.717, 1.165) is 4.47 Å². The Kier molecular flexibility index (Phi) is 4.29. The lowest BCUT2D eigenvalue weighted by Crippen LogP contribution is -2.03. The van der Waals surface area contributed by atoms with Gasteiger partial charge in [0, 0.05) is 9.37 Å². The fraction of sp³-hybridized carbons (Fsp3) is 0.400. The van der Waals surface area contributed by atoms with Gasteiger partial charge < -0.3 is 5.11 Å². The zero-order chi connectivity index (χ0) is 9.84. The van der Waals surface area contributed by atoms with Crippen LogP contribution in [0.3, 0.4) is 0 Å². The van der Waals surface area contributed by atoms with Crippen molar-refractivity contribution in [1.82, 2.24) is 0 Å². The second-order valence-corrected chi connectivity index (χ2v) is 4.72. The van der Waals surface area contributed by atoms with E-state index < -0.39 is 0 Å². The zero-order valence-corrected chi connectivity index (χ0v) is 10.2. The average molecular weight is 261 g/mol. The minimum absolute atomic E-state index is 0.271. The van der Waals surface area contributed by atoms with Gasteiger partial charge in [-0.1, -0.05) is 6.07 Å². The van der Waals surface area contributed by atoms with Crippen molar-refractivity contribution in [2.24, 2.45) is 0 Å². The average Bonchev–Trinajstić information content (AvgIpc) is 2.03. The Bertz CT molecular complexity index is 286. The predicted molar refractivity (Wildman–Crippen MR) is 61.3 cm³/mol. The lowest BCUT2D eigenvalue weighted by molar-refractivity contribution is 0.195. The minimum atomic E-state index is -0.271. The smallest absolute Gasteiger partial charge is 0.0552 e. The van der Waals surface area contributed by atoms with E-state index in [9.17, 15) is 5.11 Å². The summed E-state index contributed by atoms with van der Waals surface area (Å²) >= 11 is 5.21. The van der Waals surface area contributed by atoms with Crippen LogP contribution in [0.15, 0.2) is 27.6 Å². The third-order valence-electron chi connectivity index (χ3n) is 1.75. The highest BCUT2D eigenvalue weighted by molar-refractivity contribution is 9.10. The van der Waals surface area contributed by atoms with Crippen molar-refractivity contribution in [3.05, 3.63) is 28.2 Å². The van der Waals surface area contributed by atoms with Crippen molar-refractivity contribution >= 4 is 27.7 Å². The monoisotopic (exact) mass is 260 g/mol. The SMILES string of the molecule is CSc1ccc(CC(C)O)cc1Br. The number of rotatable bonds is 3. The van der Waals surface area contributed by atoms with Crippen molar-refractivity contribution in [3.63, 3.8) is 0 Å². The Labute approximate surface area is 91.7 Å². The first-order valence-electron chi connectivity index (χ1n) is 4.14. The molecule has 0 heterocycles. The number of aliphatic hydroxyl groups excluding tert-OH is 1. The summed E-state index contributed by atoms with van der Waals surface area (Å²) in [5.41, 5.74) is 1.17. The molecule has 0 aliphatic carbocycles. The summed E-state index contributed by atoms with van der Waals surface area (Å²) in [5, 5.41) is 9.20. The number of thioether (sulfide) groups is 1. The second-order valence-electron chi connectivity index (χ2n) is 3.02. The maximum atomic E-state index is 9.20. The quantitative estimate of drug-likeness (QED) is 0.844. The molecule has 0 saturated carbocycles. The van der Waals surface area contributed by atoms with E-state index in [1.54, 1.807) is 18.7 Å². The molecule has 13 heavy (non-hydrogen) atoms. The third-order valence-corrected chi connectivity index (χ3v) is 3.46. The molecule has 0 spiro atoms. The Morgan fingerprint density at radius 3 is 2.69 bits per heavy atom. The molecule has 1 N–H and O–H groups in total. The van der Waals surface area contributed by atoms with Gasteiger partial charge in [0.05, 0.1) is 6.10 Å². The molecule has 0 radical (unpaired) electrons. The summed E-state index contributed by atoms with van der Waals surface area (Å²) in [5.74, 6) is 0. The molecule has 0 fully saturated rings. The van der Waals surface area contributed by atoms with E-state index in [0.29, 0.717) is 6.42 Å². The molecule has 0 aliphatic rings. The van der Waals surface area contributed by atoms with Crippen LogP contribution in [0.4, 0.5) is 0 Å². The van der Waals surface area contributed by atoms with Gasteiger partial charge in [-0.2, -0.15) is 0 Å². The third kappa shape index (κ3) is 3.33. The molecule has 1 rings (SSSR count). The van der Waals surface area contributed by atoms with E-state index in [4.69, 9.17) is 0 Å². The van der Waals surface area contributed by atoms with Gasteiger partial charge in [0.15, 0.2) is 0 Å². The van der Waals surface area contributed by atoms with Crippen LogP contribution >= 0.6 is 27.7 Å². The molecule has 3 heteroatoms. The Morgan fingerprint density at radius 1 is 1.54 bits per heavy atom. The lowest BCUT2D eigenvalue weighted by Gasteiger charge is -2.06. The van der Waals surface area contributed by atoms with Crippen molar-refractivity contribution < 1.29 is 5.11 Å². The Balaban J connectivity index is 2.83. The summed E-state index contributed by atoms with van der Waals surface area (Å²) in [6.45, 7) is 1.80. The van der Waals surface area contributed by atoms with Crippen LogP contribution in [0.5, 0.6) is 0 Å². The van der Waals surface area contributed by atoms with Gasteiger partial charge in [0.2, 0.25) is 0 Å². The van der Waals surface area contributed by atoms with Gasteiger partial charge in [0.1, 0.15) is 0 Å². The topological polar surface area (TPSA) is 20.2 Å². The molecule has 0 aromatic heterocycles. The van der Waals surface area contributed by atoms with Crippen molar-refractivity contribution in [1.29, 1.82) is 0 Å². The van der Waals surface area contributed by atoms with Gasteiger partial charge in [-0.05, 0) is 53.2 Å². The molecular formula is C10H13BrOS. The number of halogens is 1. The van der Waals surface area contributed by atoms with Gasteiger partial charge in [-0.15, -0.1) is 11.8 Å². The summed E-state index contributed by atoms with van der Waals surface area (Å²) in [7, 11) is 0. The van der Waals surface area contributed by atoms with E-state index in [1.807, 2.05) is 0 Å². The summed E-state index contributed by atoms with van der Waals surface area (Å²) in [6, 6.07) is 6.20. The van der Waals surface area contributed by atoms with Crippen LogP contribution in [-0.4, -0.2) is 17.5 Å². The molecule has 1 atom stereocenters. The number of hydrogen-bond acceptors (Lipinski definition) is 2. The minimum Gasteiger partial charge on any atom is -0.393 e. The first-order chi connectivity index (χ1) is 6.13. The van der Waals surface area contributed by atoms with Crippen molar-refractivity contribution in [3.8, 4) is 0 Å². The van der Waals surface area contributed by atoms with Gasteiger partial charge in [-0.3, -0.25) is 0 Å². The Hall–Kier alpha value is 0.01000. The number of benzene rings is 1. The van der Waals surface area contributed by atoms with Crippen molar-refractivity contribution in [2.45, 2.75) is 24.3 Å². The second kappa shape index (κ2) is 5.03. The van der Waals surface area contributed by atoms with Crippen LogP contribution in [0.25, 0.3) is 0 Å². The maximum absolute atomic E-state index is 9.20. The van der Waals surface area contributed by atoms with Crippen LogP contribution in [0.1, 0.15) is 12.5 Å². The van der Waals surface area contributed by atoms with Crippen LogP contribution in [0, 0.1) is 0 Å². The fourth-order valence-electron chi connectivity index (χ4n) is 1.18. The van der Waals surface area contributed by atoms with Crippen LogP contribution in [0.2, 0.25) is 0 Å². The Morgan fingerprint density at radius 2 is 2.23 bits per heavy atom. The summed E-state index contributed by atoms with van der Waals surface area (Å²) in [4.78, 5) is 1.23. The largest absolute Gasteiger partial charge is 0.393 e. The molecule has 1 aromatic rings. The molecular weight excluding hydrogens is 248 g/mol. The zero-order valence-electron chi connectivity index (χ0n) is 7.75. The normalized spacial score (nSPS) is 12.9. The highest BCUT2D eigenvalue weighted by Crippen LogP contribution is 2.26. The molecule has 1 aromatic carbocycles. The molecule has 0 aliphatic heterocycles. The van der Waals surface area contributed by atoms with Gasteiger partial charge >= 0.3 is 0 Å². The maximum Gasteiger partial charge on any atom is 0.0552 e. The molecule has 0 bridgehead atoms. The number of hydrogen-bond donors (Lipinski definition) is 1. The standard InChI is InChI=1S/C10H13BrOS/c1-7(12)5-8-3-4-10(13-2)9(11)6-8/h3-4,6-7,12H,5H2,1-2H3. The molecule has 72 valence electrons. The highest BCUT2D eigenvalue weighted by atomic mass is 79.9. The van der Waals surface area contributed by atoms with Crippen LogP contribution < -0.4 is 0 Å². The van der Waals surface area contributed by atoms with Gasteiger partial charge in [-0.25, -0.2) is 0 Å². The molecule has 0 saturated heterocycles. The molecule has 0 amide bonds. The first kappa shape index (κ1) is 11.1. The van der Waals surface area contributed by atoms with E-state index in [-0.39, 0.29) is 6.10 Å². The van der Waals surface area contributed by atoms with E-state index >= 15 is 0 Å².